The molecule has 0 aliphatic rings. The summed E-state index contributed by atoms with van der Waals surface area (Å²) >= 11 is 1.81. The second-order valence-electron chi connectivity index (χ2n) is 4.62. The molecule has 3 heteroatoms. The average Bonchev–Trinajstić information content (AvgIpc) is 2.98. The summed E-state index contributed by atoms with van der Waals surface area (Å²) in [5.74, 6) is 0.945. The highest BCUT2D eigenvalue weighted by atomic mass is 32.1. The maximum Gasteiger partial charge on any atom is 0.119 e. The van der Waals surface area contributed by atoms with Crippen molar-refractivity contribution in [1.29, 1.82) is 0 Å². The Bertz CT molecular complexity index is 481. The zero-order chi connectivity index (χ0) is 14.0. The van der Waals surface area contributed by atoms with E-state index in [2.05, 4.69) is 29.0 Å². The van der Waals surface area contributed by atoms with Crippen LogP contribution in [0.2, 0.25) is 0 Å². The first-order valence-electron chi connectivity index (χ1n) is 6.92. The van der Waals surface area contributed by atoms with Crippen LogP contribution in [0, 0.1) is 0 Å². The molecule has 0 radical (unpaired) electrons. The van der Waals surface area contributed by atoms with Gasteiger partial charge in [0.15, 0.2) is 0 Å². The van der Waals surface area contributed by atoms with E-state index in [1.807, 2.05) is 36.4 Å². The third kappa shape index (κ3) is 5.19. The van der Waals surface area contributed by atoms with Crippen molar-refractivity contribution in [3.05, 3.63) is 65.4 Å². The van der Waals surface area contributed by atoms with Crippen molar-refractivity contribution >= 4 is 11.3 Å². The van der Waals surface area contributed by atoms with Gasteiger partial charge in [0.2, 0.25) is 0 Å². The van der Waals surface area contributed by atoms with Crippen LogP contribution in [0.3, 0.4) is 0 Å². The van der Waals surface area contributed by atoms with Crippen molar-refractivity contribution in [2.24, 2.45) is 0 Å². The summed E-state index contributed by atoms with van der Waals surface area (Å²) in [5.41, 5.74) is 0. The molecular weight excluding hydrogens is 266 g/mol. The summed E-state index contributed by atoms with van der Waals surface area (Å²) in [7, 11) is 0. The van der Waals surface area contributed by atoms with Crippen LogP contribution in [0.5, 0.6) is 5.75 Å². The topological polar surface area (TPSA) is 12.5 Å². The summed E-state index contributed by atoms with van der Waals surface area (Å²) < 4.78 is 5.72. The molecule has 20 heavy (non-hydrogen) atoms. The van der Waals surface area contributed by atoms with Gasteiger partial charge in [-0.25, -0.2) is 0 Å². The van der Waals surface area contributed by atoms with Crippen molar-refractivity contribution in [2.45, 2.75) is 13.0 Å². The van der Waals surface area contributed by atoms with Crippen molar-refractivity contribution < 1.29 is 4.74 Å². The monoisotopic (exact) mass is 287 g/mol. The second-order valence-corrected chi connectivity index (χ2v) is 5.65. The number of hydrogen-bond donors (Lipinski definition) is 0. The minimum atomic E-state index is 0.752. The van der Waals surface area contributed by atoms with Crippen molar-refractivity contribution in [3.8, 4) is 5.75 Å². The van der Waals surface area contributed by atoms with Crippen molar-refractivity contribution in [2.75, 3.05) is 19.7 Å². The number of thiophene rings is 1. The largest absolute Gasteiger partial charge is 0.494 e. The van der Waals surface area contributed by atoms with E-state index >= 15 is 0 Å². The van der Waals surface area contributed by atoms with Crippen LogP contribution in [0.15, 0.2) is 60.5 Å². The summed E-state index contributed by atoms with van der Waals surface area (Å²) in [6.45, 7) is 7.53. The fourth-order valence-corrected chi connectivity index (χ4v) is 2.78. The Morgan fingerprint density at radius 2 is 2.00 bits per heavy atom. The van der Waals surface area contributed by atoms with Gasteiger partial charge in [-0.2, -0.15) is 0 Å². The number of rotatable bonds is 9. The first-order valence-corrected chi connectivity index (χ1v) is 7.80. The molecule has 1 aromatic carbocycles. The number of ether oxygens (including phenoxy) is 1. The van der Waals surface area contributed by atoms with Crippen LogP contribution < -0.4 is 4.74 Å². The predicted octanol–water partition coefficient (Wildman–Crippen LogP) is 4.21. The highest BCUT2D eigenvalue weighted by Crippen LogP contribution is 2.12. The van der Waals surface area contributed by atoms with Crippen molar-refractivity contribution in [3.63, 3.8) is 0 Å². The SMILES string of the molecule is C=CCN(CCCOc1ccccc1)Cc1cccs1. The lowest BCUT2D eigenvalue weighted by Crippen LogP contribution is -2.25. The molecule has 1 aromatic heterocycles. The normalized spacial score (nSPS) is 10.7. The fraction of sp³-hybridized carbons (Fsp3) is 0.294. The molecule has 2 rings (SSSR count). The molecule has 0 saturated heterocycles. The molecule has 2 aromatic rings. The molecule has 106 valence electrons. The molecule has 0 aliphatic carbocycles. The van der Waals surface area contributed by atoms with E-state index in [-0.39, 0.29) is 0 Å². The Morgan fingerprint density at radius 3 is 2.70 bits per heavy atom. The van der Waals surface area contributed by atoms with Gasteiger partial charge in [0.25, 0.3) is 0 Å². The molecule has 0 amide bonds. The minimum Gasteiger partial charge on any atom is -0.494 e. The maximum absolute atomic E-state index is 5.72. The molecule has 0 spiro atoms. The number of benzene rings is 1. The van der Waals surface area contributed by atoms with E-state index in [4.69, 9.17) is 4.74 Å². The maximum atomic E-state index is 5.72. The molecule has 2 nitrogen and oxygen atoms in total. The molecule has 1 heterocycles. The van der Waals surface area contributed by atoms with Crippen LogP contribution in [0.4, 0.5) is 0 Å². The van der Waals surface area contributed by atoms with Crippen LogP contribution >= 0.6 is 11.3 Å². The standard InChI is InChI=1S/C17H21NOS/c1-2-11-18(15-17-10-6-14-20-17)12-7-13-19-16-8-4-3-5-9-16/h2-6,8-10,14H,1,7,11-13,15H2. The van der Waals surface area contributed by atoms with E-state index in [9.17, 15) is 0 Å². The molecule has 0 N–H and O–H groups in total. The fourth-order valence-electron chi connectivity index (χ4n) is 2.04. The van der Waals surface area contributed by atoms with Gasteiger partial charge in [-0.3, -0.25) is 4.90 Å². The van der Waals surface area contributed by atoms with Gasteiger partial charge >= 0.3 is 0 Å². The lowest BCUT2D eigenvalue weighted by atomic mass is 10.3. The van der Waals surface area contributed by atoms with Crippen LogP contribution in [0.25, 0.3) is 0 Å². The summed E-state index contributed by atoms with van der Waals surface area (Å²) in [4.78, 5) is 3.79. The Labute approximate surface area is 125 Å². The van der Waals surface area contributed by atoms with E-state index in [0.717, 1.165) is 38.4 Å². The average molecular weight is 287 g/mol. The highest BCUT2D eigenvalue weighted by molar-refractivity contribution is 7.09. The van der Waals surface area contributed by atoms with E-state index in [0.29, 0.717) is 0 Å². The van der Waals surface area contributed by atoms with Crippen LogP contribution in [-0.4, -0.2) is 24.6 Å². The predicted molar refractivity (Wildman–Crippen MR) is 86.3 cm³/mol. The van der Waals surface area contributed by atoms with E-state index in [1.54, 1.807) is 11.3 Å². The first kappa shape index (κ1) is 14.8. The highest BCUT2D eigenvalue weighted by Gasteiger charge is 2.05. The number of hydrogen-bond acceptors (Lipinski definition) is 3. The minimum absolute atomic E-state index is 0.752. The Kier molecular flexibility index (Phi) is 6.35. The molecular formula is C17H21NOS. The van der Waals surface area contributed by atoms with Crippen LogP contribution in [0.1, 0.15) is 11.3 Å². The molecule has 0 unspecified atom stereocenters. The summed E-state index contributed by atoms with van der Waals surface area (Å²) in [5, 5.41) is 2.12. The van der Waals surface area contributed by atoms with E-state index in [1.165, 1.54) is 4.88 Å². The third-order valence-electron chi connectivity index (χ3n) is 2.98. The Hall–Kier alpha value is -1.58. The van der Waals surface area contributed by atoms with Gasteiger partial charge in [-0.1, -0.05) is 30.3 Å². The summed E-state index contributed by atoms with van der Waals surface area (Å²) in [6.07, 6.45) is 2.99. The quantitative estimate of drug-likeness (QED) is 0.506. The van der Waals surface area contributed by atoms with Crippen LogP contribution in [-0.2, 0) is 6.54 Å². The van der Waals surface area contributed by atoms with Gasteiger partial charge in [0.1, 0.15) is 5.75 Å². The van der Waals surface area contributed by atoms with Gasteiger partial charge < -0.3 is 4.74 Å². The molecule has 0 fully saturated rings. The van der Waals surface area contributed by atoms with Gasteiger partial charge in [-0.15, -0.1) is 17.9 Å². The van der Waals surface area contributed by atoms with Gasteiger partial charge in [-0.05, 0) is 30.0 Å². The molecule has 0 aliphatic heterocycles. The lowest BCUT2D eigenvalue weighted by Gasteiger charge is -2.19. The Balaban J connectivity index is 1.70. The van der Waals surface area contributed by atoms with E-state index < -0.39 is 0 Å². The Morgan fingerprint density at radius 1 is 1.15 bits per heavy atom. The first-order chi connectivity index (χ1) is 9.88. The number of nitrogens with zero attached hydrogens (tertiary/aromatic N) is 1. The lowest BCUT2D eigenvalue weighted by molar-refractivity contribution is 0.245. The molecule has 0 atom stereocenters. The number of para-hydroxylation sites is 1. The second kappa shape index (κ2) is 8.56. The zero-order valence-corrected chi connectivity index (χ0v) is 12.5. The molecule has 0 bridgehead atoms. The van der Waals surface area contributed by atoms with Gasteiger partial charge in [0, 0.05) is 24.5 Å². The smallest absolute Gasteiger partial charge is 0.119 e. The third-order valence-corrected chi connectivity index (χ3v) is 3.84. The molecule has 0 saturated carbocycles. The summed E-state index contributed by atoms with van der Waals surface area (Å²) in [6, 6.07) is 14.3. The van der Waals surface area contributed by atoms with Crippen molar-refractivity contribution in [1.82, 2.24) is 4.90 Å². The zero-order valence-electron chi connectivity index (χ0n) is 11.7. The van der Waals surface area contributed by atoms with Gasteiger partial charge in [0.05, 0.1) is 6.61 Å².